The van der Waals surface area contributed by atoms with Crippen molar-refractivity contribution in [2.45, 2.75) is 45.4 Å². The van der Waals surface area contributed by atoms with E-state index in [9.17, 15) is 34.8 Å². The molecule has 204 valence electrons. The van der Waals surface area contributed by atoms with Crippen LogP contribution in [0, 0.1) is 11.3 Å². The van der Waals surface area contributed by atoms with Crippen LogP contribution in [0.15, 0.2) is 23.5 Å². The minimum atomic E-state index is -2.71. The first-order chi connectivity index (χ1) is 17.5. The summed E-state index contributed by atoms with van der Waals surface area (Å²) >= 11 is 6.55. The number of nitrogens with one attached hydrogen (secondary N) is 1. The molecule has 38 heavy (non-hydrogen) atoms. The number of fused-ring (bicyclic) bond motifs is 3. The molecule has 3 atom stereocenters. The summed E-state index contributed by atoms with van der Waals surface area (Å²) in [6, 6.07) is 1.92. The van der Waals surface area contributed by atoms with E-state index in [4.69, 9.17) is 17.3 Å². The van der Waals surface area contributed by atoms with Gasteiger partial charge >= 0.3 is 0 Å². The molecule has 0 radical (unpaired) electrons. The van der Waals surface area contributed by atoms with E-state index in [0.29, 0.717) is 12.1 Å². The van der Waals surface area contributed by atoms with Crippen LogP contribution in [0.3, 0.4) is 0 Å². The zero-order valence-corrected chi connectivity index (χ0v) is 22.6. The van der Waals surface area contributed by atoms with Crippen LogP contribution in [0.25, 0.3) is 10.8 Å². The number of rotatable bonds is 5. The lowest BCUT2D eigenvalue weighted by atomic mass is 9.62. The Kier molecular flexibility index (Phi) is 6.76. The maximum absolute atomic E-state index is 13.8. The molecule has 11 heteroatoms. The summed E-state index contributed by atoms with van der Waals surface area (Å²) in [4.78, 5) is 40.4. The zero-order valence-electron chi connectivity index (χ0n) is 21.8. The first-order valence-electron chi connectivity index (χ1n) is 12.1. The monoisotopic (exact) mass is 545 g/mol. The van der Waals surface area contributed by atoms with E-state index in [-0.39, 0.29) is 51.1 Å². The predicted octanol–water partition coefficient (Wildman–Crippen LogP) is 1.94. The number of phenols is 2. The highest BCUT2D eigenvalue weighted by atomic mass is 35.5. The SMILES string of the molecule is CN(C)[C@@H]1C(=O)C(C(N)=O)=C(O)[C@@]2(O)C(=O)c3c(cc4c(Cl)cc(CNCC(C)(C)C)c(O)c4c3O)C[C@@H]12. The molecule has 2 aliphatic rings. The van der Waals surface area contributed by atoms with Gasteiger partial charge in [-0.3, -0.25) is 19.3 Å². The number of phenolic OH excluding ortho intramolecular Hbond substituents is 2. The number of hydrogen-bond acceptors (Lipinski definition) is 9. The molecule has 0 unspecified atom stereocenters. The number of aliphatic hydroxyl groups is 2. The van der Waals surface area contributed by atoms with E-state index >= 15 is 0 Å². The Bertz CT molecular complexity index is 1430. The molecule has 0 bridgehead atoms. The number of nitrogens with zero attached hydrogens (tertiary/aromatic N) is 1. The van der Waals surface area contributed by atoms with Crippen molar-refractivity contribution in [3.8, 4) is 11.5 Å². The molecule has 2 aromatic carbocycles. The van der Waals surface area contributed by atoms with Gasteiger partial charge in [0.2, 0.25) is 5.78 Å². The van der Waals surface area contributed by atoms with Gasteiger partial charge in [-0.1, -0.05) is 32.4 Å². The van der Waals surface area contributed by atoms with Crippen LogP contribution in [0.1, 0.15) is 42.3 Å². The average Bonchev–Trinajstić information content (AvgIpc) is 2.78. The van der Waals surface area contributed by atoms with E-state index in [1.165, 1.54) is 25.1 Å². The van der Waals surface area contributed by atoms with E-state index < -0.39 is 52.1 Å². The van der Waals surface area contributed by atoms with Gasteiger partial charge in [0.1, 0.15) is 22.8 Å². The maximum Gasteiger partial charge on any atom is 0.255 e. The largest absolute Gasteiger partial charge is 0.508 e. The number of nitrogens with two attached hydrogens (primary N) is 1. The smallest absolute Gasteiger partial charge is 0.255 e. The number of Topliss-reactive ketones (excluding diaryl/α,β-unsaturated/α-hetero) is 2. The summed E-state index contributed by atoms with van der Waals surface area (Å²) in [6.45, 7) is 6.99. The van der Waals surface area contributed by atoms with Crippen LogP contribution in [0.2, 0.25) is 5.02 Å². The van der Waals surface area contributed by atoms with E-state index in [0.717, 1.165) is 0 Å². The second-order valence-corrected chi connectivity index (χ2v) is 11.9. The summed E-state index contributed by atoms with van der Waals surface area (Å²) in [5.74, 6) is -6.49. The second kappa shape index (κ2) is 9.23. The van der Waals surface area contributed by atoms with Crippen molar-refractivity contribution in [2.75, 3.05) is 20.6 Å². The van der Waals surface area contributed by atoms with E-state index in [1.54, 1.807) is 6.07 Å². The van der Waals surface area contributed by atoms with Crippen molar-refractivity contribution >= 4 is 39.8 Å². The molecule has 0 saturated carbocycles. The Labute approximate surface area is 224 Å². The molecule has 0 heterocycles. The molecule has 0 aliphatic heterocycles. The fraction of sp³-hybridized carbons (Fsp3) is 0.444. The first kappa shape index (κ1) is 27.8. The van der Waals surface area contributed by atoms with Crippen LogP contribution in [0.4, 0.5) is 0 Å². The number of likely N-dealkylation sites (N-methyl/N-ethyl adjacent to an activating group) is 1. The van der Waals surface area contributed by atoms with E-state index in [1.807, 2.05) is 20.8 Å². The second-order valence-electron chi connectivity index (χ2n) is 11.5. The fourth-order valence-electron chi connectivity index (χ4n) is 5.57. The Morgan fingerprint density at radius 1 is 1.18 bits per heavy atom. The van der Waals surface area contributed by atoms with Crippen LogP contribution in [-0.4, -0.2) is 75.1 Å². The first-order valence-corrected chi connectivity index (χ1v) is 12.5. The van der Waals surface area contributed by atoms with Crippen molar-refractivity contribution in [3.63, 3.8) is 0 Å². The van der Waals surface area contributed by atoms with Gasteiger partial charge < -0.3 is 31.5 Å². The fourth-order valence-corrected chi connectivity index (χ4v) is 5.85. The Balaban J connectivity index is 1.94. The lowest BCUT2D eigenvalue weighted by Crippen LogP contribution is -2.64. The quantitative estimate of drug-likeness (QED) is 0.307. The molecule has 1 amide bonds. The normalized spacial score (nSPS) is 23.7. The van der Waals surface area contributed by atoms with E-state index in [2.05, 4.69) is 5.32 Å². The third-order valence-corrected chi connectivity index (χ3v) is 7.61. The molecule has 0 saturated heterocycles. The van der Waals surface area contributed by atoms with Gasteiger partial charge in [0.05, 0.1) is 17.0 Å². The van der Waals surface area contributed by atoms with Gasteiger partial charge in [0, 0.05) is 35.0 Å². The van der Waals surface area contributed by atoms with Crippen LogP contribution >= 0.6 is 11.6 Å². The third-order valence-electron chi connectivity index (χ3n) is 7.30. The lowest BCUT2D eigenvalue weighted by molar-refractivity contribution is -0.132. The molecule has 7 N–H and O–H groups in total. The molecule has 10 nitrogen and oxygen atoms in total. The standard InChI is InChI=1S/C27H32ClN3O7/c1-26(2,3)10-30-9-12-8-15(28)13-6-11-7-14-19(31(4)5)22(34)18(25(29)37)24(36)27(14,38)23(35)16(11)21(33)17(13)20(12)32/h6,8,14,19,30,32-33,36,38H,7,9-10H2,1-5H3,(H2,29,37)/t14-,19-,27-/m0/s1. The molecule has 0 fully saturated rings. The van der Waals surface area contributed by atoms with Crippen molar-refractivity contribution in [1.82, 2.24) is 10.2 Å². The van der Waals surface area contributed by atoms with Crippen molar-refractivity contribution in [3.05, 3.63) is 45.2 Å². The highest BCUT2D eigenvalue weighted by Gasteiger charge is 2.62. The maximum atomic E-state index is 13.8. The molecular formula is C27H32ClN3O7. The predicted molar refractivity (Wildman–Crippen MR) is 141 cm³/mol. The Morgan fingerprint density at radius 3 is 2.37 bits per heavy atom. The van der Waals surface area contributed by atoms with Crippen molar-refractivity contribution in [1.29, 1.82) is 0 Å². The van der Waals surface area contributed by atoms with Crippen molar-refractivity contribution in [2.24, 2.45) is 17.1 Å². The molecule has 2 aliphatic carbocycles. The van der Waals surface area contributed by atoms with Crippen molar-refractivity contribution < 1.29 is 34.8 Å². The Morgan fingerprint density at radius 2 is 1.82 bits per heavy atom. The van der Waals surface area contributed by atoms with Gasteiger partial charge in [0.15, 0.2) is 11.4 Å². The number of carbonyl (C=O) groups excluding carboxylic acids is 3. The van der Waals surface area contributed by atoms with Gasteiger partial charge in [-0.25, -0.2) is 0 Å². The average molecular weight is 546 g/mol. The molecule has 4 rings (SSSR count). The summed E-state index contributed by atoms with van der Waals surface area (Å²) in [5, 5.41) is 48.5. The summed E-state index contributed by atoms with van der Waals surface area (Å²) in [7, 11) is 3.07. The Hall–Kier alpha value is -3.18. The molecule has 2 aromatic rings. The van der Waals surface area contributed by atoms with Gasteiger partial charge in [-0.05, 0) is 43.6 Å². The molecule has 0 aromatic heterocycles. The summed E-state index contributed by atoms with van der Waals surface area (Å²) in [6.07, 6.45) is -0.127. The van der Waals surface area contributed by atoms with Crippen LogP contribution < -0.4 is 11.1 Å². The summed E-state index contributed by atoms with van der Waals surface area (Å²) in [5.41, 5.74) is 2.04. The number of aliphatic hydroxyl groups excluding tert-OH is 1. The highest BCUT2D eigenvalue weighted by Crippen LogP contribution is 2.50. The van der Waals surface area contributed by atoms with Crippen LogP contribution in [-0.2, 0) is 22.6 Å². The van der Waals surface area contributed by atoms with Gasteiger partial charge in [-0.15, -0.1) is 0 Å². The number of carbonyl (C=O) groups is 3. The highest BCUT2D eigenvalue weighted by molar-refractivity contribution is 6.36. The number of halogens is 1. The minimum absolute atomic E-state index is 0.0268. The number of benzene rings is 2. The molecule has 0 spiro atoms. The number of ketones is 2. The third kappa shape index (κ3) is 4.12. The number of aromatic hydroxyl groups is 2. The lowest BCUT2D eigenvalue weighted by Gasteiger charge is -2.47. The number of amides is 1. The number of primary amides is 1. The minimum Gasteiger partial charge on any atom is -0.508 e. The van der Waals surface area contributed by atoms with Gasteiger partial charge in [0.25, 0.3) is 5.91 Å². The number of hydrogen-bond donors (Lipinski definition) is 6. The topological polar surface area (TPSA) is 173 Å². The van der Waals surface area contributed by atoms with Crippen LogP contribution in [0.5, 0.6) is 11.5 Å². The summed E-state index contributed by atoms with van der Waals surface area (Å²) < 4.78 is 0. The molecular weight excluding hydrogens is 514 g/mol. The van der Waals surface area contributed by atoms with Gasteiger partial charge in [-0.2, -0.15) is 0 Å². The zero-order chi connectivity index (χ0) is 28.5.